The van der Waals surface area contributed by atoms with E-state index in [1.807, 2.05) is 0 Å². The van der Waals surface area contributed by atoms with Crippen LogP contribution in [0.4, 0.5) is 5.69 Å². The number of rotatable bonds is 8. The minimum atomic E-state index is -3.76. The number of ether oxygens (including phenoxy) is 1. The molecule has 1 heterocycles. The van der Waals surface area contributed by atoms with Crippen LogP contribution >= 0.6 is 12.2 Å². The number of primary sulfonamides is 1. The largest absolute Gasteiger partial charge is 0.497 e. The topological polar surface area (TPSA) is 122 Å². The van der Waals surface area contributed by atoms with E-state index in [-0.39, 0.29) is 23.1 Å². The predicted octanol–water partition coefficient (Wildman–Crippen LogP) is 1.34. The summed E-state index contributed by atoms with van der Waals surface area (Å²) < 4.78 is 27.9. The molecule has 2 amide bonds. The maximum atomic E-state index is 12.7. The van der Waals surface area contributed by atoms with Gasteiger partial charge in [-0.3, -0.25) is 14.5 Å². The number of carbonyl (C=O) groups excluding carboxylic acids is 2. The molecule has 170 valence electrons. The van der Waals surface area contributed by atoms with Crippen molar-refractivity contribution < 1.29 is 22.7 Å². The number of nitrogens with zero attached hydrogens (tertiary/aromatic N) is 2. The van der Waals surface area contributed by atoms with Crippen LogP contribution < -0.4 is 15.2 Å². The average Bonchev–Trinajstić information content (AvgIpc) is 2.96. The Morgan fingerprint density at radius 3 is 2.34 bits per heavy atom. The summed E-state index contributed by atoms with van der Waals surface area (Å²) in [5.74, 6) is 0.114. The van der Waals surface area contributed by atoms with Crippen LogP contribution in [-0.2, 0) is 26.0 Å². The van der Waals surface area contributed by atoms with Gasteiger partial charge < -0.3 is 15.0 Å². The second-order valence-electron chi connectivity index (χ2n) is 7.31. The van der Waals surface area contributed by atoms with Gasteiger partial charge in [0.2, 0.25) is 15.9 Å². The van der Waals surface area contributed by atoms with E-state index < -0.39 is 16.1 Å². The van der Waals surface area contributed by atoms with Gasteiger partial charge in [0.05, 0.1) is 18.4 Å². The Bertz CT molecular complexity index is 1120. The lowest BCUT2D eigenvalue weighted by Gasteiger charge is -2.23. The Kier molecular flexibility index (Phi) is 7.12. The van der Waals surface area contributed by atoms with Gasteiger partial charge in [-0.25, -0.2) is 13.6 Å². The number of likely N-dealkylation sites (N-methyl/N-ethyl adjacent to an activating group) is 1. The summed E-state index contributed by atoms with van der Waals surface area (Å²) in [6.07, 6.45) is 0.447. The Balaban J connectivity index is 1.66. The zero-order valence-corrected chi connectivity index (χ0v) is 19.3. The zero-order chi connectivity index (χ0) is 23.5. The molecule has 32 heavy (non-hydrogen) atoms. The summed E-state index contributed by atoms with van der Waals surface area (Å²) in [5, 5.41) is 8.25. The third kappa shape index (κ3) is 5.42. The molecule has 0 aliphatic carbocycles. The number of carbonyl (C=O) groups is 2. The molecule has 0 saturated carbocycles. The number of amides is 2. The highest BCUT2D eigenvalue weighted by Gasteiger charge is 2.41. The van der Waals surface area contributed by atoms with Gasteiger partial charge in [0, 0.05) is 19.3 Å². The Labute approximate surface area is 192 Å². The molecule has 3 N–H and O–H groups in total. The summed E-state index contributed by atoms with van der Waals surface area (Å²) in [6.45, 7) is 0.393. The third-order valence-electron chi connectivity index (χ3n) is 5.17. The van der Waals surface area contributed by atoms with Crippen LogP contribution in [0.25, 0.3) is 0 Å². The summed E-state index contributed by atoms with van der Waals surface area (Å²) in [5.41, 5.74) is 1.45. The molecule has 1 fully saturated rings. The first-order valence-electron chi connectivity index (χ1n) is 9.74. The quantitative estimate of drug-likeness (QED) is 0.552. The zero-order valence-electron chi connectivity index (χ0n) is 17.6. The van der Waals surface area contributed by atoms with Crippen molar-refractivity contribution in [1.29, 1.82) is 0 Å². The molecule has 1 unspecified atom stereocenters. The molecule has 1 aliphatic heterocycles. The first kappa shape index (κ1) is 23.6. The molecule has 0 bridgehead atoms. The van der Waals surface area contributed by atoms with Crippen LogP contribution in [0.3, 0.4) is 0 Å². The van der Waals surface area contributed by atoms with E-state index in [0.717, 1.165) is 5.56 Å². The van der Waals surface area contributed by atoms with Crippen LogP contribution in [-0.4, -0.2) is 61.9 Å². The van der Waals surface area contributed by atoms with Crippen molar-refractivity contribution in [2.75, 3.05) is 26.0 Å². The van der Waals surface area contributed by atoms with E-state index in [0.29, 0.717) is 29.5 Å². The van der Waals surface area contributed by atoms with Gasteiger partial charge in [-0.15, -0.1) is 0 Å². The number of thiocarbonyl (C=S) groups is 1. The van der Waals surface area contributed by atoms with Crippen molar-refractivity contribution in [1.82, 2.24) is 9.80 Å². The van der Waals surface area contributed by atoms with E-state index in [4.69, 9.17) is 22.1 Å². The molecule has 2 aromatic rings. The maximum Gasteiger partial charge on any atom is 0.251 e. The third-order valence-corrected chi connectivity index (χ3v) is 6.61. The molecular weight excluding hydrogens is 452 g/mol. The van der Waals surface area contributed by atoms with Crippen LogP contribution in [0.1, 0.15) is 12.0 Å². The summed E-state index contributed by atoms with van der Waals surface area (Å²) in [6, 6.07) is 12.4. The fourth-order valence-electron chi connectivity index (χ4n) is 3.38. The van der Waals surface area contributed by atoms with Crippen LogP contribution in [0.15, 0.2) is 53.4 Å². The number of benzene rings is 2. The smallest absolute Gasteiger partial charge is 0.251 e. The van der Waals surface area contributed by atoms with Crippen molar-refractivity contribution in [3.8, 4) is 5.75 Å². The van der Waals surface area contributed by atoms with E-state index in [1.165, 1.54) is 17.0 Å². The molecule has 0 aromatic heterocycles. The number of nitrogens with one attached hydrogen (secondary N) is 1. The van der Waals surface area contributed by atoms with Gasteiger partial charge in [0.25, 0.3) is 5.91 Å². The highest BCUT2D eigenvalue weighted by atomic mass is 32.2. The summed E-state index contributed by atoms with van der Waals surface area (Å²) in [7, 11) is -0.619. The first-order valence-corrected chi connectivity index (χ1v) is 11.7. The standard InChI is InChI=1S/C21H24N4O5S2/c1-24-20(27)18(13-19(26)23-15-5-7-16(30-2)8-6-15)25(21(24)31)12-11-14-3-9-17(10-4-14)32(22,28)29/h3-10,18H,11-13H2,1-2H3,(H,23,26)(H2,22,28,29). The molecule has 0 spiro atoms. The second-order valence-corrected chi connectivity index (χ2v) is 9.24. The highest BCUT2D eigenvalue weighted by Crippen LogP contribution is 2.22. The van der Waals surface area contributed by atoms with Crippen LogP contribution in [0.2, 0.25) is 0 Å². The number of anilines is 1. The molecule has 1 atom stereocenters. The molecule has 3 rings (SSSR count). The van der Waals surface area contributed by atoms with Gasteiger partial charge in [-0.2, -0.15) is 0 Å². The van der Waals surface area contributed by atoms with Crippen molar-refractivity contribution in [3.05, 3.63) is 54.1 Å². The lowest BCUT2D eigenvalue weighted by molar-refractivity contribution is -0.130. The normalized spacial score (nSPS) is 16.4. The van der Waals surface area contributed by atoms with Crippen molar-refractivity contribution >= 4 is 44.9 Å². The molecular formula is C21H24N4O5S2. The first-order chi connectivity index (χ1) is 15.1. The summed E-state index contributed by atoms with van der Waals surface area (Å²) in [4.78, 5) is 28.4. The predicted molar refractivity (Wildman–Crippen MR) is 124 cm³/mol. The molecule has 0 radical (unpaired) electrons. The highest BCUT2D eigenvalue weighted by molar-refractivity contribution is 7.89. The minimum Gasteiger partial charge on any atom is -0.497 e. The Hall–Kier alpha value is -3.02. The lowest BCUT2D eigenvalue weighted by atomic mass is 10.1. The second kappa shape index (κ2) is 9.63. The maximum absolute atomic E-state index is 12.7. The fourth-order valence-corrected chi connectivity index (χ4v) is 4.21. The van der Waals surface area contributed by atoms with Gasteiger partial charge >= 0.3 is 0 Å². The fraction of sp³-hybridized carbons (Fsp3) is 0.286. The summed E-state index contributed by atoms with van der Waals surface area (Å²) >= 11 is 5.40. The molecule has 1 aliphatic rings. The van der Waals surface area contributed by atoms with Crippen molar-refractivity contribution in [3.63, 3.8) is 0 Å². The average molecular weight is 477 g/mol. The number of hydrogen-bond donors (Lipinski definition) is 2. The van der Waals surface area contributed by atoms with Crippen molar-refractivity contribution in [2.45, 2.75) is 23.8 Å². The Morgan fingerprint density at radius 2 is 1.78 bits per heavy atom. The number of sulfonamides is 1. The number of methoxy groups -OCH3 is 1. The molecule has 9 nitrogen and oxygen atoms in total. The minimum absolute atomic E-state index is 0.0286. The van der Waals surface area contributed by atoms with Crippen LogP contribution in [0.5, 0.6) is 5.75 Å². The van der Waals surface area contributed by atoms with Crippen molar-refractivity contribution in [2.24, 2.45) is 5.14 Å². The van der Waals surface area contributed by atoms with E-state index in [2.05, 4.69) is 5.32 Å². The lowest BCUT2D eigenvalue weighted by Crippen LogP contribution is -2.39. The van der Waals surface area contributed by atoms with E-state index in [9.17, 15) is 18.0 Å². The van der Waals surface area contributed by atoms with E-state index in [1.54, 1.807) is 55.5 Å². The monoisotopic (exact) mass is 476 g/mol. The number of nitrogens with two attached hydrogens (primary N) is 1. The van der Waals surface area contributed by atoms with Gasteiger partial charge in [-0.1, -0.05) is 12.1 Å². The van der Waals surface area contributed by atoms with Gasteiger partial charge in [-0.05, 0) is 60.6 Å². The van der Waals surface area contributed by atoms with Gasteiger partial charge in [0.1, 0.15) is 11.8 Å². The molecule has 11 heteroatoms. The molecule has 2 aromatic carbocycles. The Morgan fingerprint density at radius 1 is 1.16 bits per heavy atom. The van der Waals surface area contributed by atoms with E-state index >= 15 is 0 Å². The van der Waals surface area contributed by atoms with Crippen LogP contribution in [0, 0.1) is 0 Å². The SMILES string of the molecule is COc1ccc(NC(=O)CC2C(=O)N(C)C(=S)N2CCc2ccc(S(N)(=O)=O)cc2)cc1. The van der Waals surface area contributed by atoms with Gasteiger partial charge in [0.15, 0.2) is 5.11 Å². The number of hydrogen-bond acceptors (Lipinski definition) is 6. The molecule has 1 saturated heterocycles.